The molecule has 1 aromatic rings. The molecule has 0 unspecified atom stereocenters. The van der Waals surface area contributed by atoms with Crippen LogP contribution in [-0.4, -0.2) is 13.2 Å². The van der Waals surface area contributed by atoms with E-state index in [4.69, 9.17) is 4.74 Å². The molecule has 3 heteroatoms. The SMILES string of the molecule is COc1cccc(CNC2CCCC2)c1F. The molecule has 1 saturated carbocycles. The molecule has 2 nitrogen and oxygen atoms in total. The van der Waals surface area contributed by atoms with Crippen molar-refractivity contribution in [2.45, 2.75) is 38.3 Å². The van der Waals surface area contributed by atoms with Crippen LogP contribution in [0.3, 0.4) is 0 Å². The number of methoxy groups -OCH3 is 1. The average Bonchev–Trinajstić information content (AvgIpc) is 2.81. The number of rotatable bonds is 4. The number of hydrogen-bond donors (Lipinski definition) is 1. The second kappa shape index (κ2) is 5.30. The minimum Gasteiger partial charge on any atom is -0.494 e. The van der Waals surface area contributed by atoms with Crippen molar-refractivity contribution in [2.24, 2.45) is 0 Å². The molecule has 1 aliphatic rings. The fourth-order valence-corrected chi connectivity index (χ4v) is 2.23. The highest BCUT2D eigenvalue weighted by molar-refractivity contribution is 5.30. The topological polar surface area (TPSA) is 21.3 Å². The first-order chi connectivity index (χ1) is 7.81. The second-order valence-electron chi connectivity index (χ2n) is 4.30. The van der Waals surface area contributed by atoms with Gasteiger partial charge in [-0.25, -0.2) is 4.39 Å². The Hall–Kier alpha value is -1.09. The van der Waals surface area contributed by atoms with E-state index in [0.29, 0.717) is 23.9 Å². The molecule has 0 heterocycles. The van der Waals surface area contributed by atoms with Crippen LogP contribution < -0.4 is 10.1 Å². The van der Waals surface area contributed by atoms with Gasteiger partial charge in [0.25, 0.3) is 0 Å². The molecule has 0 aliphatic heterocycles. The predicted molar refractivity (Wildman–Crippen MR) is 62.0 cm³/mol. The zero-order valence-corrected chi connectivity index (χ0v) is 9.63. The van der Waals surface area contributed by atoms with Gasteiger partial charge in [0.05, 0.1) is 7.11 Å². The van der Waals surface area contributed by atoms with E-state index in [9.17, 15) is 4.39 Å². The summed E-state index contributed by atoms with van der Waals surface area (Å²) in [5, 5.41) is 3.39. The van der Waals surface area contributed by atoms with Gasteiger partial charge in [0.1, 0.15) is 0 Å². The number of hydrogen-bond acceptors (Lipinski definition) is 2. The number of ether oxygens (including phenoxy) is 1. The largest absolute Gasteiger partial charge is 0.494 e. The summed E-state index contributed by atoms with van der Waals surface area (Å²) in [5.41, 5.74) is 0.686. The van der Waals surface area contributed by atoms with Gasteiger partial charge in [-0.05, 0) is 18.9 Å². The molecular weight excluding hydrogens is 205 g/mol. The second-order valence-corrected chi connectivity index (χ2v) is 4.30. The van der Waals surface area contributed by atoms with E-state index in [1.807, 2.05) is 6.07 Å². The molecule has 0 saturated heterocycles. The minimum atomic E-state index is -0.240. The maximum absolute atomic E-state index is 13.8. The Bertz CT molecular complexity index is 348. The van der Waals surface area contributed by atoms with E-state index in [1.54, 1.807) is 12.1 Å². The standard InChI is InChI=1S/C13H18FNO/c1-16-12-8-4-5-10(13(12)14)9-15-11-6-2-3-7-11/h4-5,8,11,15H,2-3,6-7,9H2,1H3. The fourth-order valence-electron chi connectivity index (χ4n) is 2.23. The molecule has 1 aromatic carbocycles. The van der Waals surface area contributed by atoms with E-state index in [0.717, 1.165) is 0 Å². The van der Waals surface area contributed by atoms with Crippen LogP contribution in [0.5, 0.6) is 5.75 Å². The summed E-state index contributed by atoms with van der Waals surface area (Å²) in [6.07, 6.45) is 5.01. The zero-order valence-electron chi connectivity index (χ0n) is 9.63. The van der Waals surface area contributed by atoms with Gasteiger partial charge >= 0.3 is 0 Å². The molecule has 2 rings (SSSR count). The highest BCUT2D eigenvalue weighted by atomic mass is 19.1. The summed E-state index contributed by atoms with van der Waals surface area (Å²) in [6, 6.07) is 5.84. The van der Waals surface area contributed by atoms with Crippen LogP contribution in [0.4, 0.5) is 4.39 Å². The summed E-state index contributed by atoms with van der Waals surface area (Å²) in [5.74, 6) is 0.0845. The van der Waals surface area contributed by atoms with Crippen molar-refractivity contribution in [1.29, 1.82) is 0 Å². The Morgan fingerprint density at radius 1 is 1.38 bits per heavy atom. The van der Waals surface area contributed by atoms with E-state index in [1.165, 1.54) is 32.8 Å². The van der Waals surface area contributed by atoms with Crippen molar-refractivity contribution in [1.82, 2.24) is 5.32 Å². The average molecular weight is 223 g/mol. The monoisotopic (exact) mass is 223 g/mol. The third kappa shape index (κ3) is 2.53. The molecule has 0 radical (unpaired) electrons. The quantitative estimate of drug-likeness (QED) is 0.847. The van der Waals surface area contributed by atoms with Crippen molar-refractivity contribution >= 4 is 0 Å². The van der Waals surface area contributed by atoms with Crippen LogP contribution in [0.25, 0.3) is 0 Å². The lowest BCUT2D eigenvalue weighted by Gasteiger charge is -2.13. The molecule has 16 heavy (non-hydrogen) atoms. The van der Waals surface area contributed by atoms with Crippen molar-refractivity contribution in [3.63, 3.8) is 0 Å². The van der Waals surface area contributed by atoms with Gasteiger partial charge in [-0.1, -0.05) is 25.0 Å². The van der Waals surface area contributed by atoms with Gasteiger partial charge in [-0.2, -0.15) is 0 Å². The van der Waals surface area contributed by atoms with E-state index in [2.05, 4.69) is 5.32 Å². The molecule has 0 aromatic heterocycles. The summed E-state index contributed by atoms with van der Waals surface area (Å²) in [4.78, 5) is 0. The molecule has 0 atom stereocenters. The van der Waals surface area contributed by atoms with Gasteiger partial charge in [0.2, 0.25) is 0 Å². The van der Waals surface area contributed by atoms with Gasteiger partial charge < -0.3 is 10.1 Å². The van der Waals surface area contributed by atoms with Gasteiger partial charge in [0.15, 0.2) is 11.6 Å². The van der Waals surface area contributed by atoms with Crippen LogP contribution in [-0.2, 0) is 6.54 Å². The lowest BCUT2D eigenvalue weighted by atomic mass is 10.1. The van der Waals surface area contributed by atoms with Gasteiger partial charge in [0, 0.05) is 18.2 Å². The molecule has 0 spiro atoms. The molecule has 0 amide bonds. The van der Waals surface area contributed by atoms with Gasteiger partial charge in [-0.3, -0.25) is 0 Å². The predicted octanol–water partition coefficient (Wildman–Crippen LogP) is 2.87. The summed E-state index contributed by atoms with van der Waals surface area (Å²) in [7, 11) is 1.49. The smallest absolute Gasteiger partial charge is 0.169 e. The van der Waals surface area contributed by atoms with E-state index >= 15 is 0 Å². The Labute approximate surface area is 95.8 Å². The van der Waals surface area contributed by atoms with Crippen LogP contribution >= 0.6 is 0 Å². The highest BCUT2D eigenvalue weighted by Crippen LogP contribution is 2.21. The Morgan fingerprint density at radius 2 is 2.12 bits per heavy atom. The first-order valence-electron chi connectivity index (χ1n) is 5.86. The van der Waals surface area contributed by atoms with Crippen molar-refractivity contribution < 1.29 is 9.13 Å². The summed E-state index contributed by atoms with van der Waals surface area (Å²) in [6.45, 7) is 0.591. The maximum atomic E-state index is 13.8. The number of halogens is 1. The van der Waals surface area contributed by atoms with Crippen LogP contribution in [0.15, 0.2) is 18.2 Å². The molecular formula is C13H18FNO. The molecule has 1 N–H and O–H groups in total. The number of benzene rings is 1. The summed E-state index contributed by atoms with van der Waals surface area (Å²) >= 11 is 0. The van der Waals surface area contributed by atoms with E-state index < -0.39 is 0 Å². The maximum Gasteiger partial charge on any atom is 0.169 e. The Morgan fingerprint density at radius 3 is 2.81 bits per heavy atom. The van der Waals surface area contributed by atoms with Crippen LogP contribution in [0.1, 0.15) is 31.2 Å². The first-order valence-corrected chi connectivity index (χ1v) is 5.86. The van der Waals surface area contributed by atoms with Crippen LogP contribution in [0, 0.1) is 5.82 Å². The normalized spacial score (nSPS) is 16.6. The molecule has 1 fully saturated rings. The number of nitrogens with one attached hydrogen (secondary N) is 1. The lowest BCUT2D eigenvalue weighted by molar-refractivity contribution is 0.382. The van der Waals surface area contributed by atoms with E-state index in [-0.39, 0.29) is 5.82 Å². The molecule has 1 aliphatic carbocycles. The minimum absolute atomic E-state index is 0.240. The highest BCUT2D eigenvalue weighted by Gasteiger charge is 2.15. The summed E-state index contributed by atoms with van der Waals surface area (Å²) < 4.78 is 18.7. The van der Waals surface area contributed by atoms with Crippen molar-refractivity contribution in [3.05, 3.63) is 29.6 Å². The Balaban J connectivity index is 1.97. The Kier molecular flexibility index (Phi) is 3.78. The fraction of sp³-hybridized carbons (Fsp3) is 0.538. The third-order valence-corrected chi connectivity index (χ3v) is 3.20. The molecule has 88 valence electrons. The third-order valence-electron chi connectivity index (χ3n) is 3.20. The van der Waals surface area contributed by atoms with Crippen LogP contribution in [0.2, 0.25) is 0 Å². The zero-order chi connectivity index (χ0) is 11.4. The first kappa shape index (κ1) is 11.4. The lowest BCUT2D eigenvalue weighted by Crippen LogP contribution is -2.25. The molecule has 0 bridgehead atoms. The van der Waals surface area contributed by atoms with Gasteiger partial charge in [-0.15, -0.1) is 0 Å². The van der Waals surface area contributed by atoms with Crippen molar-refractivity contribution in [2.75, 3.05) is 7.11 Å². The van der Waals surface area contributed by atoms with Crippen molar-refractivity contribution in [3.8, 4) is 5.75 Å².